The summed E-state index contributed by atoms with van der Waals surface area (Å²) in [5, 5.41) is 2.49. The van der Waals surface area contributed by atoms with Gasteiger partial charge in [0.2, 0.25) is 0 Å². The number of aryl methyl sites for hydroxylation is 1. The maximum atomic E-state index is 13.5. The molecule has 0 atom stereocenters. The molecule has 112 valence electrons. The molecule has 1 aromatic carbocycles. The van der Waals surface area contributed by atoms with Crippen molar-refractivity contribution in [2.24, 2.45) is 7.05 Å². The van der Waals surface area contributed by atoms with Gasteiger partial charge in [-0.05, 0) is 32.0 Å². The van der Waals surface area contributed by atoms with Gasteiger partial charge in [0.1, 0.15) is 0 Å². The molecular weight excluding hydrogens is 281 g/mol. The Morgan fingerprint density at radius 1 is 1.19 bits per heavy atom. The summed E-state index contributed by atoms with van der Waals surface area (Å²) in [6, 6.07) is 3.61. The number of nitrogens with zero attached hydrogens (tertiary/aromatic N) is 1. The van der Waals surface area contributed by atoms with E-state index in [1.807, 2.05) is 18.5 Å². The zero-order chi connectivity index (χ0) is 15.7. The number of hydrogen-bond donors (Lipinski definition) is 1. The number of nitrogens with one attached hydrogen (secondary N) is 1. The van der Waals surface area contributed by atoms with E-state index in [0.717, 1.165) is 23.5 Å². The average molecular weight is 296 g/mol. The van der Waals surface area contributed by atoms with Crippen LogP contribution in [0.1, 0.15) is 21.7 Å². The molecule has 0 saturated carbocycles. The van der Waals surface area contributed by atoms with Crippen LogP contribution in [0.3, 0.4) is 0 Å². The molecule has 1 N–H and O–H groups in total. The van der Waals surface area contributed by atoms with Crippen molar-refractivity contribution < 1.29 is 18.0 Å². The van der Waals surface area contributed by atoms with Gasteiger partial charge in [0, 0.05) is 24.0 Å². The highest BCUT2D eigenvalue weighted by Crippen LogP contribution is 2.20. The molecule has 2 aromatic rings. The zero-order valence-corrected chi connectivity index (χ0v) is 11.9. The first-order valence-corrected chi connectivity index (χ1v) is 6.36. The monoisotopic (exact) mass is 296 g/mol. The van der Waals surface area contributed by atoms with Crippen LogP contribution >= 0.6 is 0 Å². The van der Waals surface area contributed by atoms with Gasteiger partial charge in [-0.2, -0.15) is 0 Å². The van der Waals surface area contributed by atoms with Crippen LogP contribution in [-0.2, 0) is 7.05 Å². The van der Waals surface area contributed by atoms with E-state index in [1.165, 1.54) is 0 Å². The van der Waals surface area contributed by atoms with Crippen molar-refractivity contribution >= 4 is 11.5 Å². The maximum absolute atomic E-state index is 13.5. The van der Waals surface area contributed by atoms with Crippen LogP contribution in [0.15, 0.2) is 18.2 Å². The molecule has 0 aliphatic carbocycles. The molecule has 0 unspecified atom stereocenters. The van der Waals surface area contributed by atoms with Gasteiger partial charge in [-0.15, -0.1) is 0 Å². The van der Waals surface area contributed by atoms with Gasteiger partial charge < -0.3 is 9.88 Å². The number of hydrogen-bond acceptors (Lipinski definition) is 2. The van der Waals surface area contributed by atoms with Crippen molar-refractivity contribution in [1.82, 2.24) is 4.57 Å². The van der Waals surface area contributed by atoms with E-state index < -0.39 is 17.5 Å². The Bertz CT molecular complexity index is 707. The van der Waals surface area contributed by atoms with E-state index in [-0.39, 0.29) is 18.0 Å². The van der Waals surface area contributed by atoms with E-state index in [9.17, 15) is 18.0 Å². The minimum absolute atomic E-state index is 0.202. The van der Waals surface area contributed by atoms with E-state index in [0.29, 0.717) is 5.56 Å². The quantitative estimate of drug-likeness (QED) is 0.693. The van der Waals surface area contributed by atoms with Crippen LogP contribution < -0.4 is 5.32 Å². The normalized spacial score (nSPS) is 10.8. The third-order valence-electron chi connectivity index (χ3n) is 3.55. The first-order chi connectivity index (χ1) is 9.82. The molecule has 3 nitrogen and oxygen atoms in total. The Morgan fingerprint density at radius 3 is 2.43 bits per heavy atom. The molecule has 1 heterocycles. The van der Waals surface area contributed by atoms with E-state index in [1.54, 1.807) is 13.0 Å². The lowest BCUT2D eigenvalue weighted by atomic mass is 10.1. The highest BCUT2D eigenvalue weighted by molar-refractivity contribution is 6.00. The Balaban J connectivity index is 2.15. The molecule has 0 radical (unpaired) electrons. The molecule has 0 saturated heterocycles. The Labute approximate surface area is 120 Å². The number of anilines is 1. The first kappa shape index (κ1) is 15.2. The fourth-order valence-corrected chi connectivity index (χ4v) is 2.07. The third-order valence-corrected chi connectivity index (χ3v) is 3.55. The molecule has 0 spiro atoms. The topological polar surface area (TPSA) is 34.0 Å². The van der Waals surface area contributed by atoms with Crippen LogP contribution in [-0.4, -0.2) is 16.9 Å². The molecule has 0 aliphatic rings. The largest absolute Gasteiger partial charge is 0.375 e. The van der Waals surface area contributed by atoms with Crippen LogP contribution in [0.5, 0.6) is 0 Å². The predicted octanol–water partition coefficient (Wildman–Crippen LogP) is 3.35. The van der Waals surface area contributed by atoms with Gasteiger partial charge in [0.15, 0.2) is 23.2 Å². The number of aromatic nitrogens is 1. The molecule has 21 heavy (non-hydrogen) atoms. The number of Topliss-reactive ketones (excluding diaryl/α,β-unsaturated/α-hetero) is 1. The number of ketones is 1. The van der Waals surface area contributed by atoms with Gasteiger partial charge >= 0.3 is 0 Å². The van der Waals surface area contributed by atoms with E-state index >= 15 is 0 Å². The van der Waals surface area contributed by atoms with Gasteiger partial charge in [0.25, 0.3) is 0 Å². The van der Waals surface area contributed by atoms with Crippen LogP contribution in [0.25, 0.3) is 0 Å². The lowest BCUT2D eigenvalue weighted by Crippen LogP contribution is -2.16. The standard InChI is InChI=1S/C15H15F3N2O/c1-8-6-10(9(2)20(8)3)13(21)7-19-12-5-4-11(16)14(17)15(12)18/h4-6,19H,7H2,1-3H3. The minimum atomic E-state index is -1.56. The van der Waals surface area contributed by atoms with Crippen LogP contribution in [0, 0.1) is 31.3 Å². The summed E-state index contributed by atoms with van der Waals surface area (Å²) < 4.78 is 41.2. The van der Waals surface area contributed by atoms with Crippen molar-refractivity contribution in [3.63, 3.8) is 0 Å². The third kappa shape index (κ3) is 2.79. The SMILES string of the molecule is Cc1cc(C(=O)CNc2ccc(F)c(F)c2F)c(C)n1C. The summed E-state index contributed by atoms with van der Waals surface area (Å²) in [6.07, 6.45) is 0. The Hall–Kier alpha value is -2.24. The second-order valence-electron chi connectivity index (χ2n) is 4.84. The van der Waals surface area contributed by atoms with Crippen molar-refractivity contribution in [2.75, 3.05) is 11.9 Å². The van der Waals surface area contributed by atoms with E-state index in [2.05, 4.69) is 5.32 Å². The molecule has 6 heteroatoms. The van der Waals surface area contributed by atoms with Gasteiger partial charge in [0.05, 0.1) is 12.2 Å². The molecule has 0 aliphatic heterocycles. The summed E-state index contributed by atoms with van der Waals surface area (Å²) >= 11 is 0. The summed E-state index contributed by atoms with van der Waals surface area (Å²) in [7, 11) is 1.84. The lowest BCUT2D eigenvalue weighted by Gasteiger charge is -2.08. The predicted molar refractivity (Wildman–Crippen MR) is 74.0 cm³/mol. The second kappa shape index (κ2) is 5.63. The Kier molecular flexibility index (Phi) is 4.06. The van der Waals surface area contributed by atoms with Crippen molar-refractivity contribution in [3.8, 4) is 0 Å². The van der Waals surface area contributed by atoms with Gasteiger partial charge in [-0.1, -0.05) is 0 Å². The zero-order valence-electron chi connectivity index (χ0n) is 11.9. The van der Waals surface area contributed by atoms with Crippen molar-refractivity contribution in [1.29, 1.82) is 0 Å². The number of rotatable bonds is 4. The second-order valence-corrected chi connectivity index (χ2v) is 4.84. The molecule has 0 bridgehead atoms. The number of carbonyl (C=O) groups is 1. The van der Waals surface area contributed by atoms with Crippen LogP contribution in [0.2, 0.25) is 0 Å². The molecule has 0 fully saturated rings. The first-order valence-electron chi connectivity index (χ1n) is 6.36. The highest BCUT2D eigenvalue weighted by atomic mass is 19.2. The fraction of sp³-hybridized carbons (Fsp3) is 0.267. The van der Waals surface area contributed by atoms with Gasteiger partial charge in [-0.25, -0.2) is 13.2 Å². The highest BCUT2D eigenvalue weighted by Gasteiger charge is 2.16. The minimum Gasteiger partial charge on any atom is -0.375 e. The lowest BCUT2D eigenvalue weighted by molar-refractivity contribution is 0.101. The molecule has 1 aromatic heterocycles. The number of halogens is 3. The molecular formula is C15H15F3N2O. The Morgan fingerprint density at radius 2 is 1.86 bits per heavy atom. The molecule has 0 amide bonds. The molecule has 2 rings (SSSR count). The summed E-state index contributed by atoms with van der Waals surface area (Å²) in [5.74, 6) is -4.40. The maximum Gasteiger partial charge on any atom is 0.196 e. The smallest absolute Gasteiger partial charge is 0.196 e. The summed E-state index contributed by atoms with van der Waals surface area (Å²) in [4.78, 5) is 12.1. The fourth-order valence-electron chi connectivity index (χ4n) is 2.07. The number of benzene rings is 1. The van der Waals surface area contributed by atoms with Crippen LogP contribution in [0.4, 0.5) is 18.9 Å². The van der Waals surface area contributed by atoms with Crippen molar-refractivity contribution in [2.45, 2.75) is 13.8 Å². The summed E-state index contributed by atoms with van der Waals surface area (Å²) in [6.45, 7) is 3.47. The van der Waals surface area contributed by atoms with Crippen molar-refractivity contribution in [3.05, 3.63) is 52.6 Å². The van der Waals surface area contributed by atoms with E-state index in [4.69, 9.17) is 0 Å². The van der Waals surface area contributed by atoms with Gasteiger partial charge in [-0.3, -0.25) is 4.79 Å². The average Bonchev–Trinajstić information content (AvgIpc) is 2.71. The summed E-state index contributed by atoms with van der Waals surface area (Å²) in [5.41, 5.74) is 2.00. The number of carbonyl (C=O) groups excluding carboxylic acids is 1.